The lowest BCUT2D eigenvalue weighted by Crippen LogP contribution is -2.39. The van der Waals surface area contributed by atoms with Crippen LogP contribution in [0.15, 0.2) is 60.0 Å². The van der Waals surface area contributed by atoms with Crippen LogP contribution in [0.5, 0.6) is 5.75 Å². The van der Waals surface area contributed by atoms with Gasteiger partial charge in [-0.15, -0.1) is 0 Å². The summed E-state index contributed by atoms with van der Waals surface area (Å²) in [5.41, 5.74) is 1.06. The van der Waals surface area contributed by atoms with Crippen molar-refractivity contribution in [2.24, 2.45) is 0 Å². The van der Waals surface area contributed by atoms with Gasteiger partial charge < -0.3 is 9.47 Å². The second kappa shape index (κ2) is 9.82. The summed E-state index contributed by atoms with van der Waals surface area (Å²) in [5.74, 6) is -0.659. The van der Waals surface area contributed by atoms with Crippen molar-refractivity contribution in [1.29, 1.82) is 0 Å². The van der Waals surface area contributed by atoms with Crippen LogP contribution in [-0.4, -0.2) is 39.9 Å². The zero-order valence-corrected chi connectivity index (χ0v) is 16.3. The van der Waals surface area contributed by atoms with Gasteiger partial charge in [0.25, 0.3) is 0 Å². The Hall–Kier alpha value is -2.97. The highest BCUT2D eigenvalue weighted by Crippen LogP contribution is 2.12. The molecular formula is C20H21NO6S. The van der Waals surface area contributed by atoms with Crippen molar-refractivity contribution in [1.82, 2.24) is 4.72 Å². The molecule has 0 radical (unpaired) electrons. The highest BCUT2D eigenvalue weighted by molar-refractivity contribution is 7.92. The Balaban J connectivity index is 1.87. The molecule has 2 aromatic carbocycles. The molecule has 0 spiro atoms. The molecule has 0 aliphatic rings. The van der Waals surface area contributed by atoms with E-state index < -0.39 is 34.4 Å². The highest BCUT2D eigenvalue weighted by Gasteiger charge is 2.21. The van der Waals surface area contributed by atoms with Crippen molar-refractivity contribution < 1.29 is 27.5 Å². The van der Waals surface area contributed by atoms with Crippen LogP contribution in [0.1, 0.15) is 22.8 Å². The average molecular weight is 403 g/mol. The monoisotopic (exact) mass is 403 g/mol. The van der Waals surface area contributed by atoms with Crippen LogP contribution >= 0.6 is 0 Å². The molecular weight excluding hydrogens is 382 g/mol. The normalized spacial score (nSPS) is 12.5. The number of benzene rings is 2. The Morgan fingerprint density at radius 3 is 2.32 bits per heavy atom. The Bertz CT molecular complexity index is 936. The lowest BCUT2D eigenvalue weighted by molar-refractivity contribution is -0.144. The van der Waals surface area contributed by atoms with Crippen LogP contribution in [0.3, 0.4) is 0 Å². The first-order valence-corrected chi connectivity index (χ1v) is 9.95. The van der Waals surface area contributed by atoms with Crippen molar-refractivity contribution >= 4 is 27.9 Å². The fourth-order valence-corrected chi connectivity index (χ4v) is 3.19. The summed E-state index contributed by atoms with van der Waals surface area (Å²) >= 11 is 0. The maximum absolute atomic E-state index is 12.1. The predicted molar refractivity (Wildman–Crippen MR) is 105 cm³/mol. The van der Waals surface area contributed by atoms with E-state index in [0.29, 0.717) is 16.9 Å². The van der Waals surface area contributed by atoms with Crippen molar-refractivity contribution in [3.63, 3.8) is 0 Å². The summed E-state index contributed by atoms with van der Waals surface area (Å²) in [5, 5.41) is 0.967. The minimum atomic E-state index is -3.85. The van der Waals surface area contributed by atoms with Crippen LogP contribution < -0.4 is 9.46 Å². The number of Topliss-reactive ketones (excluding diaryl/α,β-unsaturated/α-hetero) is 1. The molecule has 1 N–H and O–H groups in total. The van der Waals surface area contributed by atoms with E-state index in [1.54, 1.807) is 48.5 Å². The molecule has 148 valence electrons. The van der Waals surface area contributed by atoms with Gasteiger partial charge in [-0.25, -0.2) is 8.42 Å². The molecule has 0 bridgehead atoms. The molecule has 0 unspecified atom stereocenters. The van der Waals surface area contributed by atoms with Gasteiger partial charge in [-0.1, -0.05) is 30.3 Å². The van der Waals surface area contributed by atoms with Gasteiger partial charge in [0.2, 0.25) is 10.0 Å². The first-order valence-electron chi connectivity index (χ1n) is 8.40. The van der Waals surface area contributed by atoms with E-state index in [1.165, 1.54) is 20.1 Å². The third-order valence-electron chi connectivity index (χ3n) is 3.69. The van der Waals surface area contributed by atoms with Crippen LogP contribution in [0.2, 0.25) is 0 Å². The molecule has 0 saturated heterocycles. The van der Waals surface area contributed by atoms with Gasteiger partial charge in [0.15, 0.2) is 12.4 Å². The Kier molecular flexibility index (Phi) is 7.48. The summed E-state index contributed by atoms with van der Waals surface area (Å²) in [6.45, 7) is 0.852. The fourth-order valence-electron chi connectivity index (χ4n) is 2.19. The molecule has 8 heteroatoms. The number of sulfonamides is 1. The second-order valence-corrected chi connectivity index (χ2v) is 7.46. The molecule has 0 aromatic heterocycles. The van der Waals surface area contributed by atoms with Crippen molar-refractivity contribution in [2.45, 2.75) is 13.0 Å². The first kappa shape index (κ1) is 21.3. The second-order valence-electron chi connectivity index (χ2n) is 5.86. The maximum Gasteiger partial charge on any atom is 0.324 e. The average Bonchev–Trinajstić information content (AvgIpc) is 2.70. The number of ether oxygens (including phenoxy) is 2. The molecule has 0 heterocycles. The number of carbonyl (C=O) groups is 2. The van der Waals surface area contributed by atoms with Gasteiger partial charge in [-0.2, -0.15) is 4.72 Å². The molecule has 0 saturated carbocycles. The van der Waals surface area contributed by atoms with Crippen LogP contribution in [0.4, 0.5) is 0 Å². The number of rotatable bonds is 9. The number of hydrogen-bond donors (Lipinski definition) is 1. The van der Waals surface area contributed by atoms with E-state index in [2.05, 4.69) is 4.72 Å². The number of esters is 1. The van der Waals surface area contributed by atoms with Gasteiger partial charge in [-0.3, -0.25) is 9.59 Å². The minimum Gasteiger partial charge on any atom is -0.497 e. The van der Waals surface area contributed by atoms with Crippen LogP contribution in [-0.2, 0) is 19.6 Å². The van der Waals surface area contributed by atoms with E-state index in [-0.39, 0.29) is 0 Å². The van der Waals surface area contributed by atoms with Gasteiger partial charge in [0, 0.05) is 11.0 Å². The van der Waals surface area contributed by atoms with E-state index in [4.69, 9.17) is 9.47 Å². The summed E-state index contributed by atoms with van der Waals surface area (Å²) in [7, 11) is -2.34. The fraction of sp³-hybridized carbons (Fsp3) is 0.200. The van der Waals surface area contributed by atoms with Crippen LogP contribution in [0.25, 0.3) is 6.08 Å². The zero-order chi connectivity index (χ0) is 20.6. The molecule has 2 aromatic rings. The topological polar surface area (TPSA) is 98.8 Å². The molecule has 0 aliphatic carbocycles. The van der Waals surface area contributed by atoms with Gasteiger partial charge >= 0.3 is 5.97 Å². The van der Waals surface area contributed by atoms with Gasteiger partial charge in [0.1, 0.15) is 11.8 Å². The third-order valence-corrected chi connectivity index (χ3v) is 4.87. The Morgan fingerprint density at radius 2 is 1.71 bits per heavy atom. The number of methoxy groups -OCH3 is 1. The molecule has 28 heavy (non-hydrogen) atoms. The highest BCUT2D eigenvalue weighted by atomic mass is 32.2. The minimum absolute atomic E-state index is 0.354. The molecule has 2 rings (SSSR count). The zero-order valence-electron chi connectivity index (χ0n) is 15.5. The van der Waals surface area contributed by atoms with Crippen molar-refractivity contribution in [3.05, 3.63) is 71.1 Å². The quantitative estimate of drug-likeness (QED) is 0.510. The SMILES string of the molecule is COc1ccc(C(=O)COC(=O)[C@H](C)NS(=O)(=O)/C=C/c2ccccc2)cc1. The molecule has 0 aliphatic heterocycles. The lowest BCUT2D eigenvalue weighted by Gasteiger charge is -2.12. The summed E-state index contributed by atoms with van der Waals surface area (Å²) < 4.78 is 36.2. The summed E-state index contributed by atoms with van der Waals surface area (Å²) in [6, 6.07) is 14.0. The maximum atomic E-state index is 12.1. The number of ketones is 1. The van der Waals surface area contributed by atoms with E-state index in [0.717, 1.165) is 5.41 Å². The summed E-state index contributed by atoms with van der Waals surface area (Å²) in [4.78, 5) is 24.0. The van der Waals surface area contributed by atoms with Gasteiger partial charge in [0.05, 0.1) is 7.11 Å². The molecule has 0 amide bonds. The number of carbonyl (C=O) groups excluding carboxylic acids is 2. The Labute approximate surface area is 164 Å². The first-order chi connectivity index (χ1) is 13.3. The van der Waals surface area contributed by atoms with Gasteiger partial charge in [-0.05, 0) is 42.8 Å². The molecule has 0 fully saturated rings. The van der Waals surface area contributed by atoms with Crippen LogP contribution in [0, 0.1) is 0 Å². The van der Waals surface area contributed by atoms with E-state index in [1.807, 2.05) is 6.07 Å². The predicted octanol–water partition coefficient (Wildman–Crippen LogP) is 2.40. The molecule has 1 atom stereocenters. The summed E-state index contributed by atoms with van der Waals surface area (Å²) in [6.07, 6.45) is 1.41. The number of hydrogen-bond acceptors (Lipinski definition) is 6. The third kappa shape index (κ3) is 6.64. The number of nitrogens with one attached hydrogen (secondary N) is 1. The van der Waals surface area contributed by atoms with Crippen molar-refractivity contribution in [2.75, 3.05) is 13.7 Å². The lowest BCUT2D eigenvalue weighted by atomic mass is 10.1. The largest absolute Gasteiger partial charge is 0.497 e. The Morgan fingerprint density at radius 1 is 1.07 bits per heavy atom. The van der Waals surface area contributed by atoms with E-state index >= 15 is 0 Å². The standard InChI is InChI=1S/C20H21NO6S/c1-15(21-28(24,25)13-12-16-6-4-3-5-7-16)20(23)27-14-19(22)17-8-10-18(26-2)11-9-17/h3-13,15,21H,14H2,1-2H3/b13-12+/t15-/m0/s1. The molecule has 7 nitrogen and oxygen atoms in total. The smallest absolute Gasteiger partial charge is 0.324 e. The van der Waals surface area contributed by atoms with E-state index in [9.17, 15) is 18.0 Å². The van der Waals surface area contributed by atoms with Crippen molar-refractivity contribution in [3.8, 4) is 5.75 Å².